The molecule has 0 aliphatic carbocycles. The lowest BCUT2D eigenvalue weighted by Crippen LogP contribution is -2.03. The van der Waals surface area contributed by atoms with Crippen molar-refractivity contribution in [3.05, 3.63) is 33.5 Å². The van der Waals surface area contributed by atoms with Crippen LogP contribution in [0.4, 0.5) is 17.6 Å². The van der Waals surface area contributed by atoms with Crippen molar-refractivity contribution < 1.29 is 0 Å². The van der Waals surface area contributed by atoms with E-state index in [4.69, 9.17) is 11.6 Å². The minimum atomic E-state index is 0.144. The Morgan fingerprint density at radius 1 is 1.17 bits per heavy atom. The number of anilines is 3. The van der Waals surface area contributed by atoms with Crippen LogP contribution in [-0.2, 0) is 0 Å². The van der Waals surface area contributed by atoms with E-state index in [1.807, 2.05) is 25.1 Å². The van der Waals surface area contributed by atoms with Gasteiger partial charge in [0.05, 0.1) is 0 Å². The van der Waals surface area contributed by atoms with E-state index in [1.54, 1.807) is 7.05 Å². The average Bonchev–Trinajstić information content (AvgIpc) is 2.33. The van der Waals surface area contributed by atoms with Gasteiger partial charge in [-0.15, -0.1) is 0 Å². The van der Waals surface area contributed by atoms with Gasteiger partial charge in [-0.1, -0.05) is 15.9 Å². The molecular weight excluding hydrogens is 318 g/mol. The highest BCUT2D eigenvalue weighted by Gasteiger charge is 2.04. The largest absolute Gasteiger partial charge is 0.357 e. The van der Waals surface area contributed by atoms with Crippen LogP contribution in [0.25, 0.3) is 0 Å². The summed E-state index contributed by atoms with van der Waals surface area (Å²) in [5.41, 5.74) is 2.01. The Morgan fingerprint density at radius 3 is 2.56 bits per heavy atom. The molecule has 18 heavy (non-hydrogen) atoms. The first-order valence-corrected chi connectivity index (χ1v) is 6.38. The molecule has 0 amide bonds. The Labute approximate surface area is 118 Å². The van der Waals surface area contributed by atoms with Crippen LogP contribution < -0.4 is 10.6 Å². The van der Waals surface area contributed by atoms with Gasteiger partial charge in [0.15, 0.2) is 0 Å². The second-order valence-electron chi connectivity index (χ2n) is 3.59. The number of aryl methyl sites for hydroxylation is 1. The molecule has 2 aromatic rings. The molecule has 1 aromatic carbocycles. The topological polar surface area (TPSA) is 62.7 Å². The number of hydrogen-bond acceptors (Lipinski definition) is 5. The maximum absolute atomic E-state index is 5.80. The minimum Gasteiger partial charge on any atom is -0.357 e. The van der Waals surface area contributed by atoms with Crippen LogP contribution in [-0.4, -0.2) is 22.0 Å². The number of aromatic nitrogens is 3. The smallest absolute Gasteiger partial charge is 0.233 e. The monoisotopic (exact) mass is 327 g/mol. The first kappa shape index (κ1) is 13.0. The van der Waals surface area contributed by atoms with Crippen molar-refractivity contribution in [3.8, 4) is 0 Å². The maximum atomic E-state index is 5.80. The van der Waals surface area contributed by atoms with Gasteiger partial charge in [0.25, 0.3) is 0 Å². The van der Waals surface area contributed by atoms with Gasteiger partial charge in [-0.3, -0.25) is 0 Å². The summed E-state index contributed by atoms with van der Waals surface area (Å²) in [6.45, 7) is 2.01. The van der Waals surface area contributed by atoms with Crippen molar-refractivity contribution in [1.29, 1.82) is 0 Å². The Morgan fingerprint density at radius 2 is 1.89 bits per heavy atom. The SMILES string of the molecule is CNc1nc(Cl)nc(Nc2ccc(Br)c(C)c2)n1. The van der Waals surface area contributed by atoms with Crippen molar-refractivity contribution in [2.24, 2.45) is 0 Å². The van der Waals surface area contributed by atoms with E-state index in [1.165, 1.54) is 0 Å². The molecule has 0 saturated carbocycles. The Kier molecular flexibility index (Phi) is 3.98. The van der Waals surface area contributed by atoms with E-state index in [9.17, 15) is 0 Å². The summed E-state index contributed by atoms with van der Waals surface area (Å²) >= 11 is 9.25. The molecule has 94 valence electrons. The van der Waals surface area contributed by atoms with E-state index in [0.29, 0.717) is 11.9 Å². The maximum Gasteiger partial charge on any atom is 0.233 e. The zero-order valence-corrected chi connectivity index (χ0v) is 12.2. The van der Waals surface area contributed by atoms with E-state index in [-0.39, 0.29) is 5.28 Å². The van der Waals surface area contributed by atoms with Crippen LogP contribution in [0.5, 0.6) is 0 Å². The summed E-state index contributed by atoms with van der Waals surface area (Å²) in [5.74, 6) is 0.826. The van der Waals surface area contributed by atoms with Crippen LogP contribution >= 0.6 is 27.5 Å². The molecule has 0 radical (unpaired) electrons. The second-order valence-corrected chi connectivity index (χ2v) is 4.78. The van der Waals surface area contributed by atoms with Crippen LogP contribution in [0.3, 0.4) is 0 Å². The van der Waals surface area contributed by atoms with Crippen molar-refractivity contribution in [3.63, 3.8) is 0 Å². The molecule has 0 unspecified atom stereocenters. The predicted molar refractivity (Wildman–Crippen MR) is 76.5 cm³/mol. The summed E-state index contributed by atoms with van der Waals surface area (Å²) in [4.78, 5) is 12.1. The molecule has 7 heteroatoms. The standard InChI is InChI=1S/C11H11BrClN5/c1-6-5-7(3-4-8(6)12)15-11-17-9(13)16-10(14-2)18-11/h3-5H,1-2H3,(H2,14,15,16,17,18). The van der Waals surface area contributed by atoms with E-state index in [0.717, 1.165) is 15.7 Å². The lowest BCUT2D eigenvalue weighted by atomic mass is 10.2. The fourth-order valence-electron chi connectivity index (χ4n) is 1.37. The summed E-state index contributed by atoms with van der Waals surface area (Å²) in [5, 5.41) is 6.04. The number of nitrogens with zero attached hydrogens (tertiary/aromatic N) is 3. The van der Waals surface area contributed by atoms with Crippen molar-refractivity contribution >= 4 is 45.1 Å². The zero-order chi connectivity index (χ0) is 13.1. The van der Waals surface area contributed by atoms with E-state index < -0.39 is 0 Å². The van der Waals surface area contributed by atoms with Gasteiger partial charge in [0.2, 0.25) is 17.2 Å². The summed E-state index contributed by atoms with van der Waals surface area (Å²) < 4.78 is 1.05. The van der Waals surface area contributed by atoms with Gasteiger partial charge in [0, 0.05) is 17.2 Å². The molecule has 0 fully saturated rings. The second kappa shape index (κ2) is 5.49. The van der Waals surface area contributed by atoms with E-state index in [2.05, 4.69) is 41.5 Å². The Bertz CT molecular complexity index is 575. The summed E-state index contributed by atoms with van der Waals surface area (Å²) in [6, 6.07) is 5.87. The molecule has 2 rings (SSSR count). The van der Waals surface area contributed by atoms with Crippen LogP contribution in [0.15, 0.2) is 22.7 Å². The molecule has 1 aromatic heterocycles. The Balaban J connectivity index is 2.27. The molecule has 0 aliphatic rings. The number of benzene rings is 1. The molecule has 0 saturated heterocycles. The van der Waals surface area contributed by atoms with Gasteiger partial charge in [0.1, 0.15) is 0 Å². The molecule has 0 spiro atoms. The molecule has 0 bridgehead atoms. The molecule has 2 N–H and O–H groups in total. The molecule has 0 atom stereocenters. The predicted octanol–water partition coefficient (Wildman–Crippen LogP) is 3.38. The van der Waals surface area contributed by atoms with Crippen LogP contribution in [0, 0.1) is 6.92 Å². The number of rotatable bonds is 3. The van der Waals surface area contributed by atoms with Gasteiger partial charge >= 0.3 is 0 Å². The first-order valence-electron chi connectivity index (χ1n) is 5.21. The normalized spacial score (nSPS) is 10.2. The Hall–Kier alpha value is -1.40. The lowest BCUT2D eigenvalue weighted by Gasteiger charge is -2.07. The minimum absolute atomic E-state index is 0.144. The number of nitrogens with one attached hydrogen (secondary N) is 2. The highest BCUT2D eigenvalue weighted by atomic mass is 79.9. The van der Waals surface area contributed by atoms with Crippen LogP contribution in [0.1, 0.15) is 5.56 Å². The highest BCUT2D eigenvalue weighted by Crippen LogP contribution is 2.22. The summed E-state index contributed by atoms with van der Waals surface area (Å²) in [6.07, 6.45) is 0. The molecular formula is C11H11BrClN5. The van der Waals surface area contributed by atoms with Gasteiger partial charge < -0.3 is 10.6 Å². The van der Waals surface area contributed by atoms with Crippen molar-refractivity contribution in [2.45, 2.75) is 6.92 Å². The third kappa shape index (κ3) is 3.08. The third-order valence-electron chi connectivity index (χ3n) is 2.25. The average molecular weight is 329 g/mol. The molecule has 5 nitrogen and oxygen atoms in total. The fraction of sp³-hybridized carbons (Fsp3) is 0.182. The third-order valence-corrected chi connectivity index (χ3v) is 3.30. The first-order chi connectivity index (χ1) is 8.58. The van der Waals surface area contributed by atoms with Gasteiger partial charge in [-0.2, -0.15) is 15.0 Å². The van der Waals surface area contributed by atoms with Crippen molar-refractivity contribution in [1.82, 2.24) is 15.0 Å². The van der Waals surface area contributed by atoms with Gasteiger partial charge in [-0.25, -0.2) is 0 Å². The fourth-order valence-corrected chi connectivity index (χ4v) is 1.78. The number of halogens is 2. The van der Waals surface area contributed by atoms with Crippen molar-refractivity contribution in [2.75, 3.05) is 17.7 Å². The zero-order valence-electron chi connectivity index (χ0n) is 9.83. The molecule has 0 aliphatic heterocycles. The highest BCUT2D eigenvalue weighted by molar-refractivity contribution is 9.10. The van der Waals surface area contributed by atoms with E-state index >= 15 is 0 Å². The summed E-state index contributed by atoms with van der Waals surface area (Å²) in [7, 11) is 1.72. The van der Waals surface area contributed by atoms with Crippen LogP contribution in [0.2, 0.25) is 5.28 Å². The molecule has 1 heterocycles. The quantitative estimate of drug-likeness (QED) is 0.904. The van der Waals surface area contributed by atoms with Gasteiger partial charge in [-0.05, 0) is 42.3 Å². The number of hydrogen-bond donors (Lipinski definition) is 2. The lowest BCUT2D eigenvalue weighted by molar-refractivity contribution is 1.05.